The highest BCUT2D eigenvalue weighted by molar-refractivity contribution is 6.16. The Bertz CT molecular complexity index is 919. The number of halogens is 1. The molecule has 4 nitrogen and oxygen atoms in total. The Balaban J connectivity index is 2.36. The first-order valence-corrected chi connectivity index (χ1v) is 7.99. The Morgan fingerprint density at radius 2 is 2.00 bits per heavy atom. The standard InChI is InChI=1S/C18H17ClN2O2/c1-3-23-16-10-12(2)8-9-15(16)21-17(11-19)20-14-7-5-4-6-13(14)18(21)22/h4-10H,3,11H2,1-2H3. The zero-order valence-corrected chi connectivity index (χ0v) is 13.8. The Morgan fingerprint density at radius 3 is 2.74 bits per heavy atom. The van der Waals surface area contributed by atoms with Crippen molar-refractivity contribution in [2.45, 2.75) is 19.7 Å². The lowest BCUT2D eigenvalue weighted by molar-refractivity contribution is 0.338. The Hall–Kier alpha value is -2.33. The number of nitrogens with zero attached hydrogens (tertiary/aromatic N) is 2. The number of rotatable bonds is 4. The SMILES string of the molecule is CCOc1cc(C)ccc1-n1c(CCl)nc2ccccc2c1=O. The summed E-state index contributed by atoms with van der Waals surface area (Å²) in [4.78, 5) is 17.5. The van der Waals surface area contributed by atoms with E-state index in [-0.39, 0.29) is 11.4 Å². The van der Waals surface area contributed by atoms with E-state index in [1.54, 1.807) is 10.6 Å². The first-order chi connectivity index (χ1) is 11.2. The molecule has 0 N–H and O–H groups in total. The molecule has 0 bridgehead atoms. The van der Waals surface area contributed by atoms with Crippen molar-refractivity contribution in [1.29, 1.82) is 0 Å². The topological polar surface area (TPSA) is 44.1 Å². The lowest BCUT2D eigenvalue weighted by Crippen LogP contribution is -2.24. The highest BCUT2D eigenvalue weighted by Crippen LogP contribution is 2.25. The molecule has 1 heterocycles. The molecular formula is C18H17ClN2O2. The average Bonchev–Trinajstić information content (AvgIpc) is 2.56. The molecule has 2 aromatic carbocycles. The maximum atomic E-state index is 13.0. The van der Waals surface area contributed by atoms with Crippen molar-refractivity contribution in [1.82, 2.24) is 9.55 Å². The van der Waals surface area contributed by atoms with E-state index >= 15 is 0 Å². The molecule has 0 aliphatic carbocycles. The minimum atomic E-state index is -0.143. The largest absolute Gasteiger partial charge is 0.492 e. The molecule has 0 saturated carbocycles. The van der Waals surface area contributed by atoms with Crippen molar-refractivity contribution >= 4 is 22.5 Å². The number of hydrogen-bond donors (Lipinski definition) is 0. The van der Waals surface area contributed by atoms with Crippen LogP contribution >= 0.6 is 11.6 Å². The second kappa shape index (κ2) is 6.42. The minimum Gasteiger partial charge on any atom is -0.492 e. The molecule has 0 spiro atoms. The molecule has 23 heavy (non-hydrogen) atoms. The molecule has 0 radical (unpaired) electrons. The molecule has 1 aromatic heterocycles. The smallest absolute Gasteiger partial charge is 0.266 e. The van der Waals surface area contributed by atoms with Gasteiger partial charge >= 0.3 is 0 Å². The van der Waals surface area contributed by atoms with Crippen LogP contribution in [0.5, 0.6) is 5.75 Å². The van der Waals surface area contributed by atoms with Gasteiger partial charge in [0, 0.05) is 0 Å². The first kappa shape index (κ1) is 15.6. The fourth-order valence-corrected chi connectivity index (χ4v) is 2.77. The van der Waals surface area contributed by atoms with Crippen molar-refractivity contribution in [3.63, 3.8) is 0 Å². The number of benzene rings is 2. The van der Waals surface area contributed by atoms with Crippen LogP contribution in [0.15, 0.2) is 47.3 Å². The van der Waals surface area contributed by atoms with Crippen LogP contribution < -0.4 is 10.3 Å². The molecule has 0 amide bonds. The predicted octanol–water partition coefficient (Wildman–Crippen LogP) is 3.83. The van der Waals surface area contributed by atoms with E-state index in [1.165, 1.54) is 0 Å². The number of alkyl halides is 1. The normalized spacial score (nSPS) is 10.9. The number of hydrogen-bond acceptors (Lipinski definition) is 3. The lowest BCUT2D eigenvalue weighted by Gasteiger charge is -2.16. The van der Waals surface area contributed by atoms with Crippen molar-refractivity contribution in [2.24, 2.45) is 0 Å². The summed E-state index contributed by atoms with van der Waals surface area (Å²) in [6.45, 7) is 4.41. The zero-order valence-electron chi connectivity index (χ0n) is 13.0. The molecule has 0 saturated heterocycles. The minimum absolute atomic E-state index is 0.138. The highest BCUT2D eigenvalue weighted by Gasteiger charge is 2.15. The van der Waals surface area contributed by atoms with Crippen molar-refractivity contribution in [3.05, 3.63) is 64.2 Å². The van der Waals surface area contributed by atoms with Gasteiger partial charge in [-0.2, -0.15) is 0 Å². The van der Waals surface area contributed by atoms with E-state index in [0.717, 1.165) is 5.56 Å². The number of aromatic nitrogens is 2. The molecule has 0 fully saturated rings. The summed E-state index contributed by atoms with van der Waals surface area (Å²) in [5.41, 5.74) is 2.23. The van der Waals surface area contributed by atoms with Gasteiger partial charge in [-0.1, -0.05) is 18.2 Å². The molecule has 0 aliphatic rings. The molecule has 0 aliphatic heterocycles. The van der Waals surface area contributed by atoms with Crippen LogP contribution in [0, 0.1) is 6.92 Å². The van der Waals surface area contributed by atoms with E-state index in [4.69, 9.17) is 16.3 Å². The number of fused-ring (bicyclic) bond motifs is 1. The van der Waals surface area contributed by atoms with Gasteiger partial charge in [0.15, 0.2) is 0 Å². The van der Waals surface area contributed by atoms with Crippen LogP contribution in [-0.4, -0.2) is 16.2 Å². The zero-order chi connectivity index (χ0) is 16.4. The summed E-state index contributed by atoms with van der Waals surface area (Å²) in [6.07, 6.45) is 0. The van der Waals surface area contributed by atoms with Crippen LogP contribution in [0.1, 0.15) is 18.3 Å². The number of para-hydroxylation sites is 1. The number of ether oxygens (including phenoxy) is 1. The summed E-state index contributed by atoms with van der Waals surface area (Å²) >= 11 is 6.05. The maximum absolute atomic E-state index is 13.0. The summed E-state index contributed by atoms with van der Waals surface area (Å²) in [6, 6.07) is 13.0. The van der Waals surface area contributed by atoms with E-state index in [2.05, 4.69) is 4.98 Å². The first-order valence-electron chi connectivity index (χ1n) is 7.46. The van der Waals surface area contributed by atoms with E-state index in [1.807, 2.05) is 50.2 Å². The summed E-state index contributed by atoms with van der Waals surface area (Å²) in [7, 11) is 0. The third kappa shape index (κ3) is 2.82. The Morgan fingerprint density at radius 1 is 1.22 bits per heavy atom. The van der Waals surface area contributed by atoms with Gasteiger partial charge in [-0.3, -0.25) is 9.36 Å². The quantitative estimate of drug-likeness (QED) is 0.684. The average molecular weight is 329 g/mol. The van der Waals surface area contributed by atoms with Crippen molar-refractivity contribution < 1.29 is 4.74 Å². The van der Waals surface area contributed by atoms with Gasteiger partial charge in [-0.15, -0.1) is 11.6 Å². The van der Waals surface area contributed by atoms with E-state index in [0.29, 0.717) is 34.8 Å². The van der Waals surface area contributed by atoms with Gasteiger partial charge in [0.25, 0.3) is 5.56 Å². The molecule has 0 unspecified atom stereocenters. The van der Waals surface area contributed by atoms with E-state index in [9.17, 15) is 4.79 Å². The van der Waals surface area contributed by atoms with Gasteiger partial charge in [0.05, 0.1) is 29.1 Å². The highest BCUT2D eigenvalue weighted by atomic mass is 35.5. The van der Waals surface area contributed by atoms with Gasteiger partial charge < -0.3 is 4.74 Å². The molecular weight excluding hydrogens is 312 g/mol. The molecule has 3 rings (SSSR count). The third-order valence-electron chi connectivity index (χ3n) is 3.62. The lowest BCUT2D eigenvalue weighted by atomic mass is 10.2. The summed E-state index contributed by atoms with van der Waals surface area (Å²) < 4.78 is 7.25. The van der Waals surface area contributed by atoms with Crippen LogP contribution in [0.25, 0.3) is 16.6 Å². The van der Waals surface area contributed by atoms with Gasteiger partial charge in [-0.05, 0) is 43.7 Å². The molecule has 0 atom stereocenters. The van der Waals surface area contributed by atoms with Crippen molar-refractivity contribution in [3.8, 4) is 11.4 Å². The fraction of sp³-hybridized carbons (Fsp3) is 0.222. The van der Waals surface area contributed by atoms with Gasteiger partial charge in [-0.25, -0.2) is 4.98 Å². The Kier molecular flexibility index (Phi) is 4.35. The molecule has 118 valence electrons. The monoisotopic (exact) mass is 328 g/mol. The van der Waals surface area contributed by atoms with Gasteiger partial charge in [0.2, 0.25) is 0 Å². The molecule has 3 aromatic rings. The third-order valence-corrected chi connectivity index (χ3v) is 3.86. The van der Waals surface area contributed by atoms with Crippen LogP contribution in [-0.2, 0) is 5.88 Å². The van der Waals surface area contributed by atoms with Crippen molar-refractivity contribution in [2.75, 3.05) is 6.61 Å². The van der Waals surface area contributed by atoms with Gasteiger partial charge in [0.1, 0.15) is 11.6 Å². The predicted molar refractivity (Wildman–Crippen MR) is 92.8 cm³/mol. The second-order valence-corrected chi connectivity index (χ2v) is 5.49. The summed E-state index contributed by atoms with van der Waals surface area (Å²) in [5, 5.41) is 0.560. The molecule has 5 heteroatoms. The summed E-state index contributed by atoms with van der Waals surface area (Å²) in [5.74, 6) is 1.29. The Labute approximate surface area is 139 Å². The maximum Gasteiger partial charge on any atom is 0.266 e. The fourth-order valence-electron chi connectivity index (χ4n) is 2.59. The second-order valence-electron chi connectivity index (χ2n) is 5.22. The van der Waals surface area contributed by atoms with Crippen LogP contribution in [0.4, 0.5) is 0 Å². The number of aryl methyl sites for hydroxylation is 1. The van der Waals surface area contributed by atoms with E-state index < -0.39 is 0 Å². The van der Waals surface area contributed by atoms with Crippen LogP contribution in [0.3, 0.4) is 0 Å². The van der Waals surface area contributed by atoms with Crippen LogP contribution in [0.2, 0.25) is 0 Å².